The molecule has 0 amide bonds. The first kappa shape index (κ1) is 9.51. The number of carbonyl (C=O) groups is 1. The van der Waals surface area contributed by atoms with E-state index < -0.39 is 5.97 Å². The predicted molar refractivity (Wildman–Crippen MR) is 54.9 cm³/mol. The van der Waals surface area contributed by atoms with Crippen molar-refractivity contribution in [3.63, 3.8) is 0 Å². The van der Waals surface area contributed by atoms with Gasteiger partial charge in [0.25, 0.3) is 5.56 Å². The molecule has 0 saturated heterocycles. The van der Waals surface area contributed by atoms with Gasteiger partial charge in [0.05, 0.1) is 23.6 Å². The van der Waals surface area contributed by atoms with Gasteiger partial charge in [-0.05, 0) is 12.1 Å². The highest BCUT2D eigenvalue weighted by atomic mass is 16.5. The fourth-order valence-corrected chi connectivity index (χ4v) is 1.63. The van der Waals surface area contributed by atoms with Crippen LogP contribution in [0.1, 0.15) is 10.4 Å². The second-order valence-corrected chi connectivity index (χ2v) is 3.19. The molecule has 78 valence electrons. The summed E-state index contributed by atoms with van der Waals surface area (Å²) in [6.45, 7) is 0. The largest absolute Gasteiger partial charge is 0.465 e. The molecule has 0 saturated carbocycles. The Hall–Kier alpha value is -2.04. The molecule has 0 bridgehead atoms. The van der Waals surface area contributed by atoms with Gasteiger partial charge in [-0.2, -0.15) is 0 Å². The average molecular weight is 206 g/mol. The molecule has 1 N–H and O–H groups in total. The monoisotopic (exact) mass is 206 g/mol. The summed E-state index contributed by atoms with van der Waals surface area (Å²) in [4.78, 5) is 22.9. The van der Waals surface area contributed by atoms with E-state index in [2.05, 4.69) is 9.84 Å². The molecule has 0 aliphatic heterocycles. The normalized spacial score (nSPS) is 10.5. The maximum absolute atomic E-state index is 11.4. The number of ether oxygens (including phenoxy) is 1. The number of methoxy groups -OCH3 is 1. The predicted octanol–water partition coefficient (Wildman–Crippen LogP) is 0.653. The third kappa shape index (κ3) is 1.32. The molecule has 0 fully saturated rings. The van der Waals surface area contributed by atoms with Gasteiger partial charge in [0.15, 0.2) is 0 Å². The Kier molecular flexibility index (Phi) is 2.07. The van der Waals surface area contributed by atoms with Crippen molar-refractivity contribution >= 4 is 16.9 Å². The van der Waals surface area contributed by atoms with Crippen molar-refractivity contribution < 1.29 is 9.53 Å². The molecule has 1 aromatic carbocycles. The number of para-hydroxylation sites is 1. The van der Waals surface area contributed by atoms with Gasteiger partial charge in [-0.3, -0.25) is 14.6 Å². The summed E-state index contributed by atoms with van der Waals surface area (Å²) in [5.41, 5.74) is 0.739. The molecule has 0 atom stereocenters. The molecule has 1 aromatic heterocycles. The number of aromatic amines is 1. The highest BCUT2D eigenvalue weighted by molar-refractivity contribution is 6.02. The topological polar surface area (TPSA) is 64.1 Å². The minimum absolute atomic E-state index is 0.210. The lowest BCUT2D eigenvalue weighted by atomic mass is 10.1. The molecule has 0 radical (unpaired) electrons. The molecular weight excluding hydrogens is 196 g/mol. The summed E-state index contributed by atoms with van der Waals surface area (Å²) in [5.74, 6) is -0.449. The molecule has 5 nitrogen and oxygen atoms in total. The van der Waals surface area contributed by atoms with E-state index in [-0.39, 0.29) is 5.56 Å². The van der Waals surface area contributed by atoms with Crippen molar-refractivity contribution in [3.8, 4) is 0 Å². The number of nitrogens with one attached hydrogen (secondary N) is 1. The number of hydrogen-bond acceptors (Lipinski definition) is 3. The van der Waals surface area contributed by atoms with Gasteiger partial charge in [-0.15, -0.1) is 0 Å². The van der Waals surface area contributed by atoms with Gasteiger partial charge < -0.3 is 4.74 Å². The molecule has 2 aromatic rings. The number of aromatic nitrogens is 2. The van der Waals surface area contributed by atoms with E-state index in [0.29, 0.717) is 16.5 Å². The number of nitrogens with zero attached hydrogens (tertiary/aromatic N) is 1. The van der Waals surface area contributed by atoms with Crippen LogP contribution in [0.3, 0.4) is 0 Å². The van der Waals surface area contributed by atoms with Crippen LogP contribution in [0.25, 0.3) is 10.9 Å². The van der Waals surface area contributed by atoms with Crippen LogP contribution >= 0.6 is 0 Å². The number of esters is 1. The number of benzene rings is 1. The van der Waals surface area contributed by atoms with Crippen molar-refractivity contribution in [3.05, 3.63) is 34.1 Å². The van der Waals surface area contributed by atoms with Crippen LogP contribution in [0.2, 0.25) is 0 Å². The summed E-state index contributed by atoms with van der Waals surface area (Å²) in [6, 6.07) is 4.95. The summed E-state index contributed by atoms with van der Waals surface area (Å²) in [5, 5.41) is 3.07. The molecule has 1 heterocycles. The standard InChI is InChI=1S/C10H10N2O3/c1-12-8-6(9(13)11-12)4-3-5-7(8)10(14)15-2/h3-5H,1-2H3,(H,11,13). The first-order valence-electron chi connectivity index (χ1n) is 4.41. The fraction of sp³-hybridized carbons (Fsp3) is 0.200. The van der Waals surface area contributed by atoms with E-state index in [1.807, 2.05) is 0 Å². The first-order chi connectivity index (χ1) is 7.15. The van der Waals surface area contributed by atoms with E-state index in [0.717, 1.165) is 0 Å². The van der Waals surface area contributed by atoms with Gasteiger partial charge >= 0.3 is 5.97 Å². The molecular formula is C10H10N2O3. The number of aryl methyl sites for hydroxylation is 1. The Balaban J connectivity index is 2.87. The average Bonchev–Trinajstić information content (AvgIpc) is 2.54. The van der Waals surface area contributed by atoms with E-state index in [1.165, 1.54) is 11.8 Å². The zero-order valence-corrected chi connectivity index (χ0v) is 8.40. The summed E-state index contributed by atoms with van der Waals surface area (Å²) in [7, 11) is 2.99. The van der Waals surface area contributed by atoms with Crippen LogP contribution in [0.15, 0.2) is 23.0 Å². The minimum Gasteiger partial charge on any atom is -0.465 e. The maximum atomic E-state index is 11.4. The van der Waals surface area contributed by atoms with Crippen molar-refractivity contribution in [1.29, 1.82) is 0 Å². The second-order valence-electron chi connectivity index (χ2n) is 3.19. The smallest absolute Gasteiger partial charge is 0.340 e. The number of H-pyrrole nitrogens is 1. The van der Waals surface area contributed by atoms with Gasteiger partial charge in [0.1, 0.15) is 0 Å². The lowest BCUT2D eigenvalue weighted by Crippen LogP contribution is -2.04. The Labute approximate surface area is 85.3 Å². The number of carbonyl (C=O) groups excluding carboxylic acids is 1. The summed E-state index contributed by atoms with van der Waals surface area (Å²) < 4.78 is 6.16. The maximum Gasteiger partial charge on any atom is 0.340 e. The lowest BCUT2D eigenvalue weighted by molar-refractivity contribution is 0.0602. The van der Waals surface area contributed by atoms with E-state index in [1.54, 1.807) is 25.2 Å². The van der Waals surface area contributed by atoms with Crippen molar-refractivity contribution in [1.82, 2.24) is 9.78 Å². The zero-order chi connectivity index (χ0) is 11.0. The van der Waals surface area contributed by atoms with Gasteiger partial charge in [-0.1, -0.05) is 6.07 Å². The second kappa shape index (κ2) is 3.27. The molecule has 5 heteroatoms. The Morgan fingerprint density at radius 2 is 2.20 bits per heavy atom. The van der Waals surface area contributed by atoms with Crippen LogP contribution in [0, 0.1) is 0 Å². The summed E-state index contributed by atoms with van der Waals surface area (Å²) in [6.07, 6.45) is 0. The van der Waals surface area contributed by atoms with Crippen molar-refractivity contribution in [2.75, 3.05) is 7.11 Å². The van der Waals surface area contributed by atoms with Crippen LogP contribution < -0.4 is 5.56 Å². The Morgan fingerprint density at radius 3 is 2.87 bits per heavy atom. The Bertz CT molecular complexity index is 580. The fourth-order valence-electron chi connectivity index (χ4n) is 1.63. The van der Waals surface area contributed by atoms with Crippen molar-refractivity contribution in [2.24, 2.45) is 7.05 Å². The van der Waals surface area contributed by atoms with Crippen LogP contribution in [-0.4, -0.2) is 22.9 Å². The minimum atomic E-state index is -0.449. The molecule has 0 aliphatic carbocycles. The SMILES string of the molecule is COC(=O)c1cccc2c(=O)[nH]n(C)c12. The van der Waals surface area contributed by atoms with Crippen molar-refractivity contribution in [2.45, 2.75) is 0 Å². The van der Waals surface area contributed by atoms with Gasteiger partial charge in [-0.25, -0.2) is 4.79 Å². The van der Waals surface area contributed by atoms with Crippen LogP contribution in [-0.2, 0) is 11.8 Å². The lowest BCUT2D eigenvalue weighted by Gasteiger charge is -2.02. The molecule has 2 rings (SSSR count). The van der Waals surface area contributed by atoms with Gasteiger partial charge in [0.2, 0.25) is 0 Å². The molecule has 0 unspecified atom stereocenters. The quantitative estimate of drug-likeness (QED) is 0.697. The van der Waals surface area contributed by atoms with Crippen LogP contribution in [0.4, 0.5) is 0 Å². The van der Waals surface area contributed by atoms with E-state index in [9.17, 15) is 9.59 Å². The van der Waals surface area contributed by atoms with Gasteiger partial charge in [0, 0.05) is 7.05 Å². The first-order valence-corrected chi connectivity index (χ1v) is 4.41. The molecule has 0 aliphatic rings. The third-order valence-corrected chi connectivity index (χ3v) is 2.29. The number of hydrogen-bond donors (Lipinski definition) is 1. The van der Waals surface area contributed by atoms with E-state index in [4.69, 9.17) is 0 Å². The van der Waals surface area contributed by atoms with Crippen LogP contribution in [0.5, 0.6) is 0 Å². The Morgan fingerprint density at radius 1 is 1.47 bits per heavy atom. The zero-order valence-electron chi connectivity index (χ0n) is 8.40. The third-order valence-electron chi connectivity index (χ3n) is 2.29. The number of fused-ring (bicyclic) bond motifs is 1. The summed E-state index contributed by atoms with van der Waals surface area (Å²) >= 11 is 0. The molecule has 15 heavy (non-hydrogen) atoms. The number of rotatable bonds is 1. The highest BCUT2D eigenvalue weighted by Gasteiger charge is 2.14. The highest BCUT2D eigenvalue weighted by Crippen LogP contribution is 2.15. The molecule has 0 spiro atoms. The van der Waals surface area contributed by atoms with E-state index >= 15 is 0 Å².